The molecule has 0 radical (unpaired) electrons. The number of benzene rings is 1. The molecule has 0 amide bonds. The molecule has 4 heteroatoms. The average molecular weight is 286 g/mol. The zero-order valence-corrected chi connectivity index (χ0v) is 11.9. The molecule has 2 nitrogen and oxygen atoms in total. The van der Waals surface area contributed by atoms with Crippen molar-refractivity contribution in [3.63, 3.8) is 0 Å². The molecular formula is C14H17Cl2NO. The molecule has 0 spiro atoms. The van der Waals surface area contributed by atoms with Gasteiger partial charge in [-0.25, -0.2) is 0 Å². The molecule has 2 atom stereocenters. The molecular weight excluding hydrogens is 269 g/mol. The molecule has 1 saturated carbocycles. The standard InChI is InChI=1S/C14H17Cl2NO/c1-2-18-8-14(10-6-17-7-11(10)14)9-3-4-12(15)13(16)5-9/h3-5,10-11,17H,2,6-8H2,1H3. The third kappa shape index (κ3) is 1.78. The summed E-state index contributed by atoms with van der Waals surface area (Å²) in [4.78, 5) is 0. The maximum absolute atomic E-state index is 6.15. The number of hydrogen-bond acceptors (Lipinski definition) is 2. The first-order chi connectivity index (χ1) is 8.70. The lowest BCUT2D eigenvalue weighted by Crippen LogP contribution is -2.29. The van der Waals surface area contributed by atoms with E-state index in [1.165, 1.54) is 5.56 Å². The Morgan fingerprint density at radius 3 is 2.61 bits per heavy atom. The van der Waals surface area contributed by atoms with Crippen molar-refractivity contribution in [2.24, 2.45) is 11.8 Å². The molecule has 3 rings (SSSR count). The molecule has 0 aromatic heterocycles. The first-order valence-electron chi connectivity index (χ1n) is 6.44. The fourth-order valence-corrected chi connectivity index (χ4v) is 3.73. The number of hydrogen-bond donors (Lipinski definition) is 1. The summed E-state index contributed by atoms with van der Waals surface area (Å²) in [6.07, 6.45) is 0. The van der Waals surface area contributed by atoms with Crippen molar-refractivity contribution in [2.45, 2.75) is 12.3 Å². The third-order valence-electron chi connectivity index (χ3n) is 4.43. The summed E-state index contributed by atoms with van der Waals surface area (Å²) in [5, 5.41) is 4.70. The highest BCUT2D eigenvalue weighted by Crippen LogP contribution is 2.62. The van der Waals surface area contributed by atoms with E-state index in [0.29, 0.717) is 21.9 Å². The first-order valence-corrected chi connectivity index (χ1v) is 7.19. The minimum Gasteiger partial charge on any atom is -0.381 e. The maximum atomic E-state index is 6.15. The van der Waals surface area contributed by atoms with Gasteiger partial charge in [0.25, 0.3) is 0 Å². The van der Waals surface area contributed by atoms with Crippen molar-refractivity contribution < 1.29 is 4.74 Å². The molecule has 1 N–H and O–H groups in total. The molecule has 1 heterocycles. The summed E-state index contributed by atoms with van der Waals surface area (Å²) >= 11 is 12.2. The second kappa shape index (κ2) is 4.68. The zero-order chi connectivity index (χ0) is 12.8. The second-order valence-electron chi connectivity index (χ2n) is 5.18. The van der Waals surface area contributed by atoms with E-state index in [1.807, 2.05) is 19.1 Å². The van der Waals surface area contributed by atoms with Gasteiger partial charge in [-0.15, -0.1) is 0 Å². The molecule has 18 heavy (non-hydrogen) atoms. The lowest BCUT2D eigenvalue weighted by molar-refractivity contribution is 0.114. The van der Waals surface area contributed by atoms with Crippen molar-refractivity contribution in [3.8, 4) is 0 Å². The van der Waals surface area contributed by atoms with E-state index in [1.54, 1.807) is 0 Å². The molecule has 1 aliphatic carbocycles. The highest BCUT2D eigenvalue weighted by Gasteiger charge is 2.67. The Labute approximate surface area is 118 Å². The van der Waals surface area contributed by atoms with Crippen LogP contribution in [0.15, 0.2) is 18.2 Å². The summed E-state index contributed by atoms with van der Waals surface area (Å²) < 4.78 is 5.72. The van der Waals surface area contributed by atoms with E-state index in [9.17, 15) is 0 Å². The highest BCUT2D eigenvalue weighted by atomic mass is 35.5. The first kappa shape index (κ1) is 12.7. The largest absolute Gasteiger partial charge is 0.381 e. The average Bonchev–Trinajstić information content (AvgIpc) is 2.74. The Bertz CT molecular complexity index is 453. The Hall–Kier alpha value is -0.280. The monoisotopic (exact) mass is 285 g/mol. The summed E-state index contributed by atoms with van der Waals surface area (Å²) in [5.74, 6) is 1.36. The van der Waals surface area contributed by atoms with E-state index < -0.39 is 0 Å². The number of rotatable bonds is 4. The maximum Gasteiger partial charge on any atom is 0.0595 e. The molecule has 1 aromatic rings. The van der Waals surface area contributed by atoms with Crippen LogP contribution in [0.1, 0.15) is 12.5 Å². The van der Waals surface area contributed by atoms with E-state index in [2.05, 4.69) is 11.4 Å². The van der Waals surface area contributed by atoms with Gasteiger partial charge in [0.15, 0.2) is 0 Å². The Morgan fingerprint density at radius 1 is 1.28 bits per heavy atom. The van der Waals surface area contributed by atoms with Gasteiger partial charge < -0.3 is 10.1 Å². The van der Waals surface area contributed by atoms with Crippen LogP contribution in [0.3, 0.4) is 0 Å². The quantitative estimate of drug-likeness (QED) is 0.918. The van der Waals surface area contributed by atoms with Crippen LogP contribution in [0.2, 0.25) is 10.0 Å². The van der Waals surface area contributed by atoms with Gasteiger partial charge in [0.1, 0.15) is 0 Å². The summed E-state index contributed by atoms with van der Waals surface area (Å²) in [6, 6.07) is 6.02. The number of ether oxygens (including phenoxy) is 1. The zero-order valence-electron chi connectivity index (χ0n) is 10.4. The molecule has 1 aromatic carbocycles. The van der Waals surface area contributed by atoms with Crippen LogP contribution in [0.25, 0.3) is 0 Å². The number of nitrogens with one attached hydrogen (secondary N) is 1. The summed E-state index contributed by atoms with van der Waals surface area (Å²) in [7, 11) is 0. The van der Waals surface area contributed by atoms with Gasteiger partial charge in [0, 0.05) is 12.0 Å². The predicted octanol–water partition coefficient (Wildman–Crippen LogP) is 3.12. The fraction of sp³-hybridized carbons (Fsp3) is 0.571. The van der Waals surface area contributed by atoms with Crippen molar-refractivity contribution in [1.29, 1.82) is 0 Å². The van der Waals surface area contributed by atoms with Gasteiger partial charge in [-0.2, -0.15) is 0 Å². The molecule has 2 fully saturated rings. The van der Waals surface area contributed by atoms with Crippen LogP contribution in [0, 0.1) is 11.8 Å². The van der Waals surface area contributed by atoms with Crippen LogP contribution >= 0.6 is 23.2 Å². The smallest absolute Gasteiger partial charge is 0.0595 e. The second-order valence-corrected chi connectivity index (χ2v) is 5.99. The topological polar surface area (TPSA) is 21.3 Å². The number of halogens is 2. The van der Waals surface area contributed by atoms with Crippen LogP contribution in [0.5, 0.6) is 0 Å². The molecule has 98 valence electrons. The summed E-state index contributed by atoms with van der Waals surface area (Å²) in [6.45, 7) is 5.75. The van der Waals surface area contributed by atoms with Gasteiger partial charge in [0.2, 0.25) is 0 Å². The van der Waals surface area contributed by atoms with E-state index >= 15 is 0 Å². The van der Waals surface area contributed by atoms with E-state index in [4.69, 9.17) is 27.9 Å². The minimum atomic E-state index is 0.162. The van der Waals surface area contributed by atoms with Gasteiger partial charge in [-0.1, -0.05) is 29.3 Å². The Balaban J connectivity index is 1.92. The minimum absolute atomic E-state index is 0.162. The van der Waals surface area contributed by atoms with Gasteiger partial charge in [0.05, 0.1) is 16.7 Å². The number of piperidine rings is 1. The van der Waals surface area contributed by atoms with Crippen molar-refractivity contribution in [2.75, 3.05) is 26.3 Å². The van der Waals surface area contributed by atoms with Crippen molar-refractivity contribution >= 4 is 23.2 Å². The van der Waals surface area contributed by atoms with Gasteiger partial charge in [-0.05, 0) is 49.5 Å². The van der Waals surface area contributed by atoms with Crippen molar-refractivity contribution in [3.05, 3.63) is 33.8 Å². The van der Waals surface area contributed by atoms with Crippen LogP contribution < -0.4 is 5.32 Å². The fourth-order valence-electron chi connectivity index (χ4n) is 3.43. The van der Waals surface area contributed by atoms with E-state index in [-0.39, 0.29) is 5.41 Å². The van der Waals surface area contributed by atoms with Gasteiger partial charge in [-0.3, -0.25) is 0 Å². The molecule has 1 aliphatic heterocycles. The molecule has 2 aliphatic rings. The van der Waals surface area contributed by atoms with Crippen LogP contribution in [-0.2, 0) is 10.2 Å². The lowest BCUT2D eigenvalue weighted by Gasteiger charge is -2.22. The predicted molar refractivity (Wildman–Crippen MR) is 74.5 cm³/mol. The SMILES string of the molecule is CCOCC1(c2ccc(Cl)c(Cl)c2)C2CNCC21. The Morgan fingerprint density at radius 2 is 2.00 bits per heavy atom. The third-order valence-corrected chi connectivity index (χ3v) is 5.17. The van der Waals surface area contributed by atoms with Crippen LogP contribution in [0.4, 0.5) is 0 Å². The molecule has 2 unspecified atom stereocenters. The lowest BCUT2D eigenvalue weighted by atomic mass is 9.91. The van der Waals surface area contributed by atoms with Crippen molar-refractivity contribution in [1.82, 2.24) is 5.32 Å². The molecule has 1 saturated heterocycles. The van der Waals surface area contributed by atoms with Gasteiger partial charge >= 0.3 is 0 Å². The van der Waals surface area contributed by atoms with Crippen LogP contribution in [-0.4, -0.2) is 26.3 Å². The Kier molecular flexibility index (Phi) is 3.31. The number of fused-ring (bicyclic) bond motifs is 1. The van der Waals surface area contributed by atoms with E-state index in [0.717, 1.165) is 26.3 Å². The molecule has 0 bridgehead atoms. The summed E-state index contributed by atoms with van der Waals surface area (Å²) in [5.41, 5.74) is 1.44. The normalized spacial score (nSPS) is 33.5. The highest BCUT2D eigenvalue weighted by molar-refractivity contribution is 6.42.